The Morgan fingerprint density at radius 3 is 2.52 bits per heavy atom. The molecule has 0 aliphatic carbocycles. The van der Waals surface area contributed by atoms with Gasteiger partial charge in [0.25, 0.3) is 0 Å². The van der Waals surface area contributed by atoms with Crippen LogP contribution in [0.1, 0.15) is 21.5 Å². The number of halogens is 2. The molecule has 0 saturated heterocycles. The number of esters is 1. The van der Waals surface area contributed by atoms with Crippen LogP contribution < -0.4 is 10.2 Å². The highest BCUT2D eigenvalue weighted by Crippen LogP contribution is 2.24. The van der Waals surface area contributed by atoms with E-state index in [4.69, 9.17) is 16.3 Å². The zero-order valence-electron chi connectivity index (χ0n) is 15.1. The number of hydrogen-bond acceptors (Lipinski definition) is 4. The van der Waals surface area contributed by atoms with Gasteiger partial charge in [-0.25, -0.2) is 10.2 Å². The van der Waals surface area contributed by atoms with Gasteiger partial charge < -0.3 is 4.74 Å². The monoisotopic (exact) mass is 470 g/mol. The molecule has 0 aromatic heterocycles. The minimum Gasteiger partial charge on any atom is -0.422 e. The van der Waals surface area contributed by atoms with Crippen LogP contribution >= 0.6 is 27.5 Å². The molecule has 7 heteroatoms. The number of hydrazone groups is 1. The number of nitrogens with one attached hydrogen (secondary N) is 1. The van der Waals surface area contributed by atoms with E-state index in [9.17, 15) is 9.59 Å². The van der Waals surface area contributed by atoms with E-state index in [2.05, 4.69) is 26.5 Å². The molecule has 3 aromatic rings. The summed E-state index contributed by atoms with van der Waals surface area (Å²) in [6.07, 6.45) is 1.63. The minimum atomic E-state index is -0.583. The summed E-state index contributed by atoms with van der Waals surface area (Å²) < 4.78 is 6.24. The summed E-state index contributed by atoms with van der Waals surface area (Å²) >= 11 is 9.43. The SMILES string of the molecule is O=C(Cc1ccccc1)N/N=C\c1cc(Br)ccc1OC(=O)c1ccccc1Cl. The van der Waals surface area contributed by atoms with Gasteiger partial charge in [-0.3, -0.25) is 4.79 Å². The first kappa shape index (κ1) is 20.8. The summed E-state index contributed by atoms with van der Waals surface area (Å²) in [6.45, 7) is 0. The molecule has 0 saturated carbocycles. The zero-order chi connectivity index (χ0) is 20.6. The van der Waals surface area contributed by atoms with Gasteiger partial charge in [0.2, 0.25) is 5.91 Å². The second-order valence-electron chi connectivity index (χ2n) is 6.01. The van der Waals surface area contributed by atoms with Gasteiger partial charge in [-0.1, -0.05) is 70.0 Å². The lowest BCUT2D eigenvalue weighted by Gasteiger charge is -2.09. The number of benzene rings is 3. The van der Waals surface area contributed by atoms with Crippen LogP contribution in [0.15, 0.2) is 82.4 Å². The van der Waals surface area contributed by atoms with Gasteiger partial charge in [0.1, 0.15) is 5.75 Å². The van der Waals surface area contributed by atoms with Gasteiger partial charge in [-0.2, -0.15) is 5.10 Å². The number of hydrogen-bond donors (Lipinski definition) is 1. The first-order valence-corrected chi connectivity index (χ1v) is 9.82. The van der Waals surface area contributed by atoms with Crippen molar-refractivity contribution in [3.63, 3.8) is 0 Å². The number of nitrogens with zero attached hydrogens (tertiary/aromatic N) is 1. The molecule has 1 amide bonds. The van der Waals surface area contributed by atoms with E-state index in [0.717, 1.165) is 10.0 Å². The molecule has 0 radical (unpaired) electrons. The van der Waals surface area contributed by atoms with Crippen molar-refractivity contribution in [2.24, 2.45) is 5.10 Å². The maximum Gasteiger partial charge on any atom is 0.345 e. The van der Waals surface area contributed by atoms with Gasteiger partial charge in [-0.15, -0.1) is 0 Å². The summed E-state index contributed by atoms with van der Waals surface area (Å²) in [5.41, 5.74) is 4.13. The molecule has 29 heavy (non-hydrogen) atoms. The third kappa shape index (κ3) is 6.01. The Morgan fingerprint density at radius 2 is 1.76 bits per heavy atom. The molecule has 0 spiro atoms. The maximum absolute atomic E-state index is 12.4. The van der Waals surface area contributed by atoms with E-state index < -0.39 is 5.97 Å². The third-order valence-electron chi connectivity index (χ3n) is 3.87. The fourth-order valence-corrected chi connectivity index (χ4v) is 3.08. The normalized spacial score (nSPS) is 10.7. The molecule has 0 bridgehead atoms. The van der Waals surface area contributed by atoms with Gasteiger partial charge in [0.15, 0.2) is 0 Å². The number of carbonyl (C=O) groups is 2. The Kier molecular flexibility index (Phi) is 7.16. The van der Waals surface area contributed by atoms with Crippen LogP contribution in [0.2, 0.25) is 5.02 Å². The molecular formula is C22H16BrClN2O3. The minimum absolute atomic E-state index is 0.213. The van der Waals surface area contributed by atoms with Gasteiger partial charge in [0.05, 0.1) is 23.2 Å². The van der Waals surface area contributed by atoms with Crippen molar-refractivity contribution in [1.82, 2.24) is 5.43 Å². The molecular weight excluding hydrogens is 456 g/mol. The van der Waals surface area contributed by atoms with E-state index in [0.29, 0.717) is 16.3 Å². The fourth-order valence-electron chi connectivity index (χ4n) is 2.49. The Bertz CT molecular complexity index is 1050. The lowest BCUT2D eigenvalue weighted by molar-refractivity contribution is -0.120. The second kappa shape index (κ2) is 10.0. The molecule has 0 heterocycles. The molecule has 0 fully saturated rings. The highest BCUT2D eigenvalue weighted by molar-refractivity contribution is 9.10. The molecule has 5 nitrogen and oxygen atoms in total. The first-order valence-electron chi connectivity index (χ1n) is 8.65. The average Bonchev–Trinajstić information content (AvgIpc) is 2.71. The molecule has 0 aliphatic heterocycles. The van der Waals surface area contributed by atoms with Crippen molar-refractivity contribution in [1.29, 1.82) is 0 Å². The molecule has 3 aromatic carbocycles. The average molecular weight is 472 g/mol. The summed E-state index contributed by atoms with van der Waals surface area (Å²) in [7, 11) is 0. The summed E-state index contributed by atoms with van der Waals surface area (Å²) in [5.74, 6) is -0.545. The number of rotatable bonds is 6. The highest BCUT2D eigenvalue weighted by atomic mass is 79.9. The van der Waals surface area contributed by atoms with E-state index >= 15 is 0 Å². The van der Waals surface area contributed by atoms with Crippen molar-refractivity contribution in [2.45, 2.75) is 6.42 Å². The van der Waals surface area contributed by atoms with E-state index in [1.54, 1.807) is 42.5 Å². The van der Waals surface area contributed by atoms with Gasteiger partial charge >= 0.3 is 5.97 Å². The van der Waals surface area contributed by atoms with Crippen molar-refractivity contribution in [3.05, 3.63) is 99.0 Å². The summed E-state index contributed by atoms with van der Waals surface area (Å²) in [6, 6.07) is 21.1. The Hall–Kier alpha value is -2.96. The van der Waals surface area contributed by atoms with Crippen LogP contribution in [0, 0.1) is 0 Å². The van der Waals surface area contributed by atoms with Gasteiger partial charge in [-0.05, 0) is 35.9 Å². The smallest absolute Gasteiger partial charge is 0.345 e. The molecule has 1 N–H and O–H groups in total. The molecule has 0 aliphatic rings. The Labute approximate surface area is 181 Å². The predicted octanol–water partition coefficient (Wildman–Crippen LogP) is 5.01. The third-order valence-corrected chi connectivity index (χ3v) is 4.69. The van der Waals surface area contributed by atoms with Crippen LogP contribution in [0.25, 0.3) is 0 Å². The van der Waals surface area contributed by atoms with Gasteiger partial charge in [0, 0.05) is 10.0 Å². The Morgan fingerprint density at radius 1 is 1.03 bits per heavy atom. The fraction of sp³-hybridized carbons (Fsp3) is 0.0455. The zero-order valence-corrected chi connectivity index (χ0v) is 17.5. The van der Waals surface area contributed by atoms with Crippen LogP contribution in [0.5, 0.6) is 5.75 Å². The van der Waals surface area contributed by atoms with E-state index in [1.807, 2.05) is 30.3 Å². The topological polar surface area (TPSA) is 67.8 Å². The standard InChI is InChI=1S/C22H16BrClN2O3/c23-17-10-11-20(29-22(28)18-8-4-5-9-19(18)24)16(13-17)14-25-26-21(27)12-15-6-2-1-3-7-15/h1-11,13-14H,12H2,(H,26,27)/b25-14-. The Balaban J connectivity index is 1.70. The molecule has 146 valence electrons. The highest BCUT2D eigenvalue weighted by Gasteiger charge is 2.14. The van der Waals surface area contributed by atoms with Crippen LogP contribution in [0.4, 0.5) is 0 Å². The number of amides is 1. The lowest BCUT2D eigenvalue weighted by atomic mass is 10.1. The summed E-state index contributed by atoms with van der Waals surface area (Å²) in [4.78, 5) is 24.4. The predicted molar refractivity (Wildman–Crippen MR) is 116 cm³/mol. The molecule has 3 rings (SSSR count). The summed E-state index contributed by atoms with van der Waals surface area (Å²) in [5, 5.41) is 4.28. The van der Waals surface area contributed by atoms with Crippen molar-refractivity contribution in [2.75, 3.05) is 0 Å². The quantitative estimate of drug-likeness (QED) is 0.238. The van der Waals surface area contributed by atoms with Crippen LogP contribution in [0.3, 0.4) is 0 Å². The number of carbonyl (C=O) groups excluding carboxylic acids is 2. The van der Waals surface area contributed by atoms with Crippen LogP contribution in [-0.4, -0.2) is 18.1 Å². The van der Waals surface area contributed by atoms with E-state index in [1.165, 1.54) is 6.21 Å². The van der Waals surface area contributed by atoms with Crippen LogP contribution in [-0.2, 0) is 11.2 Å². The lowest BCUT2D eigenvalue weighted by Crippen LogP contribution is -2.19. The van der Waals surface area contributed by atoms with Crippen molar-refractivity contribution < 1.29 is 14.3 Å². The first-order chi connectivity index (χ1) is 14.0. The van der Waals surface area contributed by atoms with Crippen molar-refractivity contribution in [3.8, 4) is 5.75 Å². The maximum atomic E-state index is 12.4. The van der Waals surface area contributed by atoms with Crippen molar-refractivity contribution >= 4 is 45.6 Å². The number of ether oxygens (including phenoxy) is 1. The van der Waals surface area contributed by atoms with E-state index in [-0.39, 0.29) is 17.9 Å². The second-order valence-corrected chi connectivity index (χ2v) is 7.33. The molecule has 0 unspecified atom stereocenters. The largest absolute Gasteiger partial charge is 0.422 e. The molecule has 0 atom stereocenters.